The largest absolute Gasteiger partial charge is 0.497 e. The van der Waals surface area contributed by atoms with Gasteiger partial charge in [-0.05, 0) is 43.5 Å². The van der Waals surface area contributed by atoms with Crippen LogP contribution in [0.15, 0.2) is 24.3 Å². The summed E-state index contributed by atoms with van der Waals surface area (Å²) in [6, 6.07) is 7.51. The van der Waals surface area contributed by atoms with E-state index in [-0.39, 0.29) is 5.91 Å². The van der Waals surface area contributed by atoms with Gasteiger partial charge in [0.25, 0.3) is 0 Å². The maximum absolute atomic E-state index is 12.1. The van der Waals surface area contributed by atoms with Crippen molar-refractivity contribution in [3.05, 3.63) is 24.3 Å². The standard InChI is InChI=1S/C17H25NO3/c1-20-15-8-10-16(11-9-15)21-14-6-7-17(19)18-12-4-2-3-5-13-18/h8-11H,2-7,12-14H2,1H3. The first-order valence-corrected chi connectivity index (χ1v) is 7.84. The van der Waals surface area contributed by atoms with Crippen LogP contribution in [-0.4, -0.2) is 37.6 Å². The summed E-state index contributed by atoms with van der Waals surface area (Å²) in [5, 5.41) is 0. The Balaban J connectivity index is 1.65. The van der Waals surface area contributed by atoms with Crippen LogP contribution in [0.4, 0.5) is 0 Å². The summed E-state index contributed by atoms with van der Waals surface area (Å²) >= 11 is 0. The molecule has 4 nitrogen and oxygen atoms in total. The zero-order valence-electron chi connectivity index (χ0n) is 12.8. The predicted octanol–water partition coefficient (Wildman–Crippen LogP) is 3.26. The van der Waals surface area contributed by atoms with Gasteiger partial charge in [0.15, 0.2) is 0 Å². The number of ether oxygens (including phenoxy) is 2. The summed E-state index contributed by atoms with van der Waals surface area (Å²) in [4.78, 5) is 14.1. The number of hydrogen-bond donors (Lipinski definition) is 0. The molecule has 1 aliphatic rings. The van der Waals surface area contributed by atoms with E-state index < -0.39 is 0 Å². The number of carbonyl (C=O) groups is 1. The zero-order valence-corrected chi connectivity index (χ0v) is 12.8. The van der Waals surface area contributed by atoms with E-state index in [1.807, 2.05) is 29.2 Å². The number of hydrogen-bond acceptors (Lipinski definition) is 3. The van der Waals surface area contributed by atoms with Crippen molar-refractivity contribution in [2.75, 3.05) is 26.8 Å². The van der Waals surface area contributed by atoms with Gasteiger partial charge in [-0.2, -0.15) is 0 Å². The van der Waals surface area contributed by atoms with Crippen LogP contribution in [0.2, 0.25) is 0 Å². The van der Waals surface area contributed by atoms with Crippen LogP contribution in [0.1, 0.15) is 38.5 Å². The van der Waals surface area contributed by atoms with Gasteiger partial charge in [0, 0.05) is 19.5 Å². The molecule has 0 bridgehead atoms. The fourth-order valence-corrected chi connectivity index (χ4v) is 2.56. The highest BCUT2D eigenvalue weighted by atomic mass is 16.5. The molecule has 1 aromatic rings. The highest BCUT2D eigenvalue weighted by Crippen LogP contribution is 2.17. The van der Waals surface area contributed by atoms with Crippen LogP contribution >= 0.6 is 0 Å². The second-order valence-corrected chi connectivity index (χ2v) is 5.42. The molecule has 2 rings (SSSR count). The molecular formula is C17H25NO3. The maximum Gasteiger partial charge on any atom is 0.222 e. The first-order valence-electron chi connectivity index (χ1n) is 7.84. The molecule has 0 aromatic heterocycles. The molecule has 1 heterocycles. The average molecular weight is 291 g/mol. The molecule has 0 spiro atoms. The van der Waals surface area contributed by atoms with Crippen molar-refractivity contribution < 1.29 is 14.3 Å². The van der Waals surface area contributed by atoms with Gasteiger partial charge < -0.3 is 14.4 Å². The van der Waals surface area contributed by atoms with Crippen LogP contribution in [0.25, 0.3) is 0 Å². The number of carbonyl (C=O) groups excluding carboxylic acids is 1. The van der Waals surface area contributed by atoms with E-state index in [4.69, 9.17) is 9.47 Å². The van der Waals surface area contributed by atoms with Gasteiger partial charge in [-0.15, -0.1) is 0 Å². The minimum absolute atomic E-state index is 0.273. The van der Waals surface area contributed by atoms with E-state index in [1.54, 1.807) is 7.11 Å². The molecule has 0 unspecified atom stereocenters. The highest BCUT2D eigenvalue weighted by Gasteiger charge is 2.14. The highest BCUT2D eigenvalue weighted by molar-refractivity contribution is 5.76. The first kappa shape index (κ1) is 15.7. The molecule has 4 heteroatoms. The number of methoxy groups -OCH3 is 1. The Kier molecular flexibility index (Phi) is 6.38. The molecular weight excluding hydrogens is 266 g/mol. The first-order chi connectivity index (χ1) is 10.3. The maximum atomic E-state index is 12.1. The Bertz CT molecular complexity index is 422. The second-order valence-electron chi connectivity index (χ2n) is 5.42. The summed E-state index contributed by atoms with van der Waals surface area (Å²) in [6.45, 7) is 2.43. The normalized spacial score (nSPS) is 15.4. The third kappa shape index (κ3) is 5.29. The van der Waals surface area contributed by atoms with Gasteiger partial charge in [0.05, 0.1) is 13.7 Å². The number of likely N-dealkylation sites (tertiary alicyclic amines) is 1. The molecule has 1 saturated heterocycles. The Morgan fingerprint density at radius 2 is 1.67 bits per heavy atom. The van der Waals surface area contributed by atoms with Gasteiger partial charge >= 0.3 is 0 Å². The third-order valence-electron chi connectivity index (χ3n) is 3.82. The topological polar surface area (TPSA) is 38.8 Å². The lowest BCUT2D eigenvalue weighted by atomic mass is 10.2. The van der Waals surface area contributed by atoms with E-state index in [0.29, 0.717) is 13.0 Å². The van der Waals surface area contributed by atoms with E-state index in [9.17, 15) is 4.79 Å². The molecule has 0 radical (unpaired) electrons. The number of amides is 1. The smallest absolute Gasteiger partial charge is 0.222 e. The van der Waals surface area contributed by atoms with Gasteiger partial charge in [-0.1, -0.05) is 12.8 Å². The molecule has 0 atom stereocenters. The fourth-order valence-electron chi connectivity index (χ4n) is 2.56. The van der Waals surface area contributed by atoms with Crippen molar-refractivity contribution in [3.8, 4) is 11.5 Å². The van der Waals surface area contributed by atoms with Crippen molar-refractivity contribution in [2.24, 2.45) is 0 Å². The molecule has 0 aliphatic carbocycles. The minimum Gasteiger partial charge on any atom is -0.497 e. The van der Waals surface area contributed by atoms with Crippen molar-refractivity contribution in [2.45, 2.75) is 38.5 Å². The molecule has 1 amide bonds. The lowest BCUT2D eigenvalue weighted by Gasteiger charge is -2.20. The van der Waals surface area contributed by atoms with Gasteiger partial charge in [0.2, 0.25) is 5.91 Å². The van der Waals surface area contributed by atoms with Crippen LogP contribution in [0.3, 0.4) is 0 Å². The molecule has 1 aliphatic heterocycles. The van der Waals surface area contributed by atoms with E-state index in [1.165, 1.54) is 12.8 Å². The number of nitrogens with zero attached hydrogens (tertiary/aromatic N) is 1. The fraction of sp³-hybridized carbons (Fsp3) is 0.588. The van der Waals surface area contributed by atoms with Gasteiger partial charge in [-0.25, -0.2) is 0 Å². The van der Waals surface area contributed by atoms with Crippen molar-refractivity contribution >= 4 is 5.91 Å². The Labute approximate surface area is 127 Å². The lowest BCUT2D eigenvalue weighted by molar-refractivity contribution is -0.131. The zero-order chi connectivity index (χ0) is 14.9. The average Bonchev–Trinajstić information content (AvgIpc) is 2.81. The molecule has 1 fully saturated rings. The summed E-state index contributed by atoms with van der Waals surface area (Å²) in [6.07, 6.45) is 6.15. The molecule has 0 N–H and O–H groups in total. The van der Waals surface area contributed by atoms with E-state index in [2.05, 4.69) is 0 Å². The quantitative estimate of drug-likeness (QED) is 0.755. The van der Waals surface area contributed by atoms with Gasteiger partial charge in [-0.3, -0.25) is 4.79 Å². The molecule has 116 valence electrons. The summed E-state index contributed by atoms with van der Waals surface area (Å²) < 4.78 is 10.7. The van der Waals surface area contributed by atoms with Crippen LogP contribution in [0.5, 0.6) is 11.5 Å². The van der Waals surface area contributed by atoms with Crippen molar-refractivity contribution in [3.63, 3.8) is 0 Å². The summed E-state index contributed by atoms with van der Waals surface area (Å²) in [5.74, 6) is 1.91. The second kappa shape index (κ2) is 8.55. The number of benzene rings is 1. The molecule has 0 saturated carbocycles. The molecule has 21 heavy (non-hydrogen) atoms. The Hall–Kier alpha value is -1.71. The van der Waals surface area contributed by atoms with E-state index in [0.717, 1.165) is 43.9 Å². The lowest BCUT2D eigenvalue weighted by Crippen LogP contribution is -2.31. The van der Waals surface area contributed by atoms with E-state index >= 15 is 0 Å². The summed E-state index contributed by atoms with van der Waals surface area (Å²) in [5.41, 5.74) is 0. The van der Waals surface area contributed by atoms with Crippen LogP contribution in [-0.2, 0) is 4.79 Å². The summed E-state index contributed by atoms with van der Waals surface area (Å²) in [7, 11) is 1.64. The third-order valence-corrected chi connectivity index (χ3v) is 3.82. The van der Waals surface area contributed by atoms with Crippen molar-refractivity contribution in [1.29, 1.82) is 0 Å². The van der Waals surface area contributed by atoms with Crippen LogP contribution in [0, 0.1) is 0 Å². The minimum atomic E-state index is 0.273. The van der Waals surface area contributed by atoms with Crippen molar-refractivity contribution in [1.82, 2.24) is 4.90 Å². The molecule has 1 aromatic carbocycles. The Morgan fingerprint density at radius 3 is 2.29 bits per heavy atom. The number of rotatable bonds is 6. The predicted molar refractivity (Wildman–Crippen MR) is 82.8 cm³/mol. The Morgan fingerprint density at radius 1 is 1.05 bits per heavy atom. The monoisotopic (exact) mass is 291 g/mol. The SMILES string of the molecule is COc1ccc(OCCCC(=O)N2CCCCCC2)cc1. The van der Waals surface area contributed by atoms with Gasteiger partial charge in [0.1, 0.15) is 11.5 Å². The van der Waals surface area contributed by atoms with Crippen LogP contribution < -0.4 is 9.47 Å².